The number of anilines is 2. The van der Waals surface area contributed by atoms with Crippen molar-refractivity contribution in [3.8, 4) is 11.3 Å². The maximum absolute atomic E-state index is 12.3. The van der Waals surface area contributed by atoms with E-state index in [0.717, 1.165) is 22.5 Å². The molecular formula is C16H16ClN3O2S. The Labute approximate surface area is 143 Å². The van der Waals surface area contributed by atoms with Crippen LogP contribution in [0.25, 0.3) is 11.3 Å². The van der Waals surface area contributed by atoms with Crippen LogP contribution < -0.4 is 10.2 Å². The van der Waals surface area contributed by atoms with Gasteiger partial charge in [-0.25, -0.2) is 4.98 Å². The standard InChI is InChI=1S/C16H16ClN3O2S/c1-16(2)10-6-9(4-5-12(10)20(3)14(16)22)11-8-23-15(18-11)19-13(21)7-17/h4-6,8H,7H2,1-3H3,(H,18,19,21). The van der Waals surface area contributed by atoms with Crippen LogP contribution in [0.5, 0.6) is 0 Å². The molecule has 1 N–H and O–H groups in total. The maximum Gasteiger partial charge on any atom is 0.241 e. The van der Waals surface area contributed by atoms with E-state index in [4.69, 9.17) is 11.6 Å². The molecular weight excluding hydrogens is 334 g/mol. The largest absolute Gasteiger partial charge is 0.314 e. The van der Waals surface area contributed by atoms with Gasteiger partial charge < -0.3 is 10.2 Å². The van der Waals surface area contributed by atoms with Gasteiger partial charge >= 0.3 is 0 Å². The highest BCUT2D eigenvalue weighted by molar-refractivity contribution is 7.14. The third kappa shape index (κ3) is 2.62. The summed E-state index contributed by atoms with van der Waals surface area (Å²) in [5.74, 6) is -0.302. The van der Waals surface area contributed by atoms with E-state index in [1.165, 1.54) is 11.3 Å². The third-order valence-electron chi connectivity index (χ3n) is 4.04. The lowest BCUT2D eigenvalue weighted by atomic mass is 9.85. The second kappa shape index (κ2) is 5.62. The Morgan fingerprint density at radius 3 is 2.87 bits per heavy atom. The number of fused-ring (bicyclic) bond motifs is 1. The summed E-state index contributed by atoms with van der Waals surface area (Å²) >= 11 is 6.82. The van der Waals surface area contributed by atoms with Gasteiger partial charge in [0.15, 0.2) is 5.13 Å². The van der Waals surface area contributed by atoms with Crippen LogP contribution in [0.15, 0.2) is 23.6 Å². The van der Waals surface area contributed by atoms with Crippen LogP contribution in [0.2, 0.25) is 0 Å². The zero-order chi connectivity index (χ0) is 16.8. The summed E-state index contributed by atoms with van der Waals surface area (Å²) in [5.41, 5.74) is 3.05. The number of hydrogen-bond acceptors (Lipinski definition) is 4. The van der Waals surface area contributed by atoms with Crippen LogP contribution in [-0.2, 0) is 15.0 Å². The summed E-state index contributed by atoms with van der Waals surface area (Å²) in [4.78, 5) is 29.8. The molecule has 0 unspecified atom stereocenters. The lowest BCUT2D eigenvalue weighted by Crippen LogP contribution is -2.33. The summed E-state index contributed by atoms with van der Waals surface area (Å²) in [6, 6.07) is 5.87. The fourth-order valence-electron chi connectivity index (χ4n) is 2.75. The van der Waals surface area contributed by atoms with Crippen molar-refractivity contribution in [2.45, 2.75) is 19.3 Å². The van der Waals surface area contributed by atoms with Crippen molar-refractivity contribution in [2.24, 2.45) is 0 Å². The molecule has 1 aliphatic rings. The second-order valence-corrected chi connectivity index (χ2v) is 7.07. The number of nitrogens with zero attached hydrogens (tertiary/aromatic N) is 2. The Bertz CT molecular complexity index is 800. The van der Waals surface area contributed by atoms with Crippen molar-refractivity contribution in [3.05, 3.63) is 29.1 Å². The number of amides is 2. The van der Waals surface area contributed by atoms with Gasteiger partial charge in [-0.2, -0.15) is 0 Å². The number of benzene rings is 1. The Hall–Kier alpha value is -1.92. The minimum atomic E-state index is -0.550. The van der Waals surface area contributed by atoms with Gasteiger partial charge in [0.1, 0.15) is 5.88 Å². The molecule has 0 saturated carbocycles. The number of halogens is 1. The molecule has 2 aromatic rings. The van der Waals surface area contributed by atoms with Gasteiger partial charge in [-0.1, -0.05) is 6.07 Å². The summed E-state index contributed by atoms with van der Waals surface area (Å²) in [5, 5.41) is 5.03. The van der Waals surface area contributed by atoms with Crippen LogP contribution in [0.3, 0.4) is 0 Å². The number of carbonyl (C=O) groups is 2. The van der Waals surface area contributed by atoms with Crippen molar-refractivity contribution < 1.29 is 9.59 Å². The second-order valence-electron chi connectivity index (χ2n) is 5.94. The number of alkyl halides is 1. The maximum atomic E-state index is 12.3. The summed E-state index contributed by atoms with van der Waals surface area (Å²) in [7, 11) is 1.79. The first-order valence-electron chi connectivity index (χ1n) is 7.09. The SMILES string of the molecule is CN1C(=O)C(C)(C)c2cc(-c3csc(NC(=O)CCl)n3)ccc21. The molecule has 2 heterocycles. The summed E-state index contributed by atoms with van der Waals surface area (Å²) < 4.78 is 0. The first-order chi connectivity index (χ1) is 10.8. The number of aromatic nitrogens is 1. The highest BCUT2D eigenvalue weighted by atomic mass is 35.5. The predicted molar refractivity (Wildman–Crippen MR) is 93.3 cm³/mol. The minimum Gasteiger partial charge on any atom is -0.314 e. The van der Waals surface area contributed by atoms with Gasteiger partial charge in [0.25, 0.3) is 0 Å². The third-order valence-corrected chi connectivity index (χ3v) is 5.04. The molecule has 0 aliphatic carbocycles. The van der Waals surface area contributed by atoms with E-state index in [0.29, 0.717) is 5.13 Å². The average molecular weight is 350 g/mol. The van der Waals surface area contributed by atoms with Crippen LogP contribution in [-0.4, -0.2) is 29.7 Å². The normalized spacial score (nSPS) is 15.7. The van der Waals surface area contributed by atoms with E-state index in [2.05, 4.69) is 10.3 Å². The van der Waals surface area contributed by atoms with Crippen molar-refractivity contribution in [1.82, 2.24) is 4.98 Å². The van der Waals surface area contributed by atoms with Gasteiger partial charge in [-0.05, 0) is 31.5 Å². The van der Waals surface area contributed by atoms with Crippen molar-refractivity contribution in [1.29, 1.82) is 0 Å². The minimum absolute atomic E-state index is 0.0815. The van der Waals surface area contributed by atoms with E-state index in [9.17, 15) is 9.59 Å². The monoisotopic (exact) mass is 349 g/mol. The quantitative estimate of drug-likeness (QED) is 0.865. The molecule has 1 aromatic heterocycles. The molecule has 23 heavy (non-hydrogen) atoms. The molecule has 0 atom stereocenters. The zero-order valence-electron chi connectivity index (χ0n) is 13.0. The highest BCUT2D eigenvalue weighted by Crippen LogP contribution is 2.42. The zero-order valence-corrected chi connectivity index (χ0v) is 14.6. The van der Waals surface area contributed by atoms with E-state index >= 15 is 0 Å². The van der Waals surface area contributed by atoms with Gasteiger partial charge in [0.2, 0.25) is 11.8 Å². The molecule has 0 saturated heterocycles. The van der Waals surface area contributed by atoms with Crippen molar-refractivity contribution in [3.63, 3.8) is 0 Å². The Balaban J connectivity index is 1.96. The van der Waals surface area contributed by atoms with Gasteiger partial charge in [0, 0.05) is 23.7 Å². The number of thiazole rings is 1. The van der Waals surface area contributed by atoms with Crippen LogP contribution >= 0.6 is 22.9 Å². The highest BCUT2D eigenvalue weighted by Gasteiger charge is 2.42. The summed E-state index contributed by atoms with van der Waals surface area (Å²) in [6.45, 7) is 3.85. The smallest absolute Gasteiger partial charge is 0.241 e. The average Bonchev–Trinajstić information content (AvgIpc) is 3.06. The number of carbonyl (C=O) groups excluding carboxylic acids is 2. The molecule has 0 bridgehead atoms. The molecule has 7 heteroatoms. The van der Waals surface area contributed by atoms with Gasteiger partial charge in [-0.15, -0.1) is 22.9 Å². The van der Waals surface area contributed by atoms with Gasteiger partial charge in [0.05, 0.1) is 11.1 Å². The molecule has 1 aromatic carbocycles. The fourth-order valence-corrected chi connectivity index (χ4v) is 3.55. The topological polar surface area (TPSA) is 62.3 Å². The van der Waals surface area contributed by atoms with E-state index in [1.54, 1.807) is 11.9 Å². The lowest BCUT2D eigenvalue weighted by molar-refractivity contribution is -0.121. The lowest BCUT2D eigenvalue weighted by Gasteiger charge is -2.16. The van der Waals surface area contributed by atoms with Crippen molar-refractivity contribution in [2.75, 3.05) is 23.1 Å². The molecule has 0 fully saturated rings. The predicted octanol–water partition coefficient (Wildman–Crippen LogP) is 3.24. The van der Waals surface area contributed by atoms with Crippen molar-refractivity contribution >= 4 is 45.6 Å². The fraction of sp³-hybridized carbons (Fsp3) is 0.312. The van der Waals surface area contributed by atoms with Crippen LogP contribution in [0.1, 0.15) is 19.4 Å². The van der Waals surface area contributed by atoms with Crippen LogP contribution in [0.4, 0.5) is 10.8 Å². The first-order valence-corrected chi connectivity index (χ1v) is 8.50. The van der Waals surface area contributed by atoms with Crippen LogP contribution in [0, 0.1) is 0 Å². The molecule has 0 radical (unpaired) electrons. The number of likely N-dealkylation sites (N-methyl/N-ethyl adjacent to an activating group) is 1. The van der Waals surface area contributed by atoms with E-state index in [-0.39, 0.29) is 17.7 Å². The summed E-state index contributed by atoms with van der Waals surface area (Å²) in [6.07, 6.45) is 0. The Kier molecular flexibility index (Phi) is 3.90. The Morgan fingerprint density at radius 2 is 2.17 bits per heavy atom. The molecule has 2 amide bonds. The Morgan fingerprint density at radius 1 is 1.43 bits per heavy atom. The molecule has 5 nitrogen and oxygen atoms in total. The number of rotatable bonds is 3. The number of hydrogen-bond donors (Lipinski definition) is 1. The number of nitrogens with one attached hydrogen (secondary N) is 1. The van der Waals surface area contributed by atoms with E-state index in [1.807, 2.05) is 37.4 Å². The molecule has 0 spiro atoms. The molecule has 120 valence electrons. The van der Waals surface area contributed by atoms with Gasteiger partial charge in [-0.3, -0.25) is 9.59 Å². The first kappa shape index (κ1) is 16.0. The molecule has 1 aliphatic heterocycles. The van der Waals surface area contributed by atoms with E-state index < -0.39 is 5.41 Å². The molecule has 3 rings (SSSR count).